The maximum atomic E-state index is 12.4. The maximum Gasteiger partial charge on any atom is 0.230 e. The van der Waals surface area contributed by atoms with Crippen LogP contribution >= 0.6 is 11.8 Å². The third-order valence-electron chi connectivity index (χ3n) is 4.63. The summed E-state index contributed by atoms with van der Waals surface area (Å²) in [6.45, 7) is 0. The first kappa shape index (κ1) is 16.2. The van der Waals surface area contributed by atoms with Crippen LogP contribution in [0.1, 0.15) is 30.0 Å². The van der Waals surface area contributed by atoms with Gasteiger partial charge in [0.1, 0.15) is 0 Å². The van der Waals surface area contributed by atoms with Crippen molar-refractivity contribution in [3.63, 3.8) is 0 Å². The zero-order valence-corrected chi connectivity index (χ0v) is 14.8. The summed E-state index contributed by atoms with van der Waals surface area (Å²) in [6, 6.07) is 20.6. The quantitative estimate of drug-likeness (QED) is 0.705. The van der Waals surface area contributed by atoms with Gasteiger partial charge < -0.3 is 5.32 Å². The van der Waals surface area contributed by atoms with E-state index in [1.165, 1.54) is 22.9 Å². The lowest BCUT2D eigenvalue weighted by molar-refractivity contribution is -0.119. The smallest absolute Gasteiger partial charge is 0.230 e. The molecular weight excluding hydrogens is 328 g/mol. The highest BCUT2D eigenvalue weighted by Crippen LogP contribution is 2.29. The fourth-order valence-electron chi connectivity index (χ4n) is 3.41. The van der Waals surface area contributed by atoms with E-state index in [1.807, 2.05) is 30.3 Å². The molecule has 3 aromatic rings. The van der Waals surface area contributed by atoms with Gasteiger partial charge in [-0.05, 0) is 42.5 Å². The number of rotatable bonds is 4. The summed E-state index contributed by atoms with van der Waals surface area (Å²) in [6.07, 6.45) is 3.25. The summed E-state index contributed by atoms with van der Waals surface area (Å²) in [5.41, 5.74) is 3.60. The molecule has 1 aromatic heterocycles. The Morgan fingerprint density at radius 1 is 1.08 bits per heavy atom. The van der Waals surface area contributed by atoms with Crippen molar-refractivity contribution in [2.75, 3.05) is 5.75 Å². The molecule has 1 amide bonds. The van der Waals surface area contributed by atoms with Crippen LogP contribution in [0.3, 0.4) is 0 Å². The lowest BCUT2D eigenvalue weighted by Crippen LogP contribution is -2.32. The summed E-state index contributed by atoms with van der Waals surface area (Å²) in [7, 11) is 0. The summed E-state index contributed by atoms with van der Waals surface area (Å²) in [5, 5.41) is 5.20. The van der Waals surface area contributed by atoms with Crippen LogP contribution in [0.15, 0.2) is 65.7 Å². The molecule has 4 rings (SSSR count). The monoisotopic (exact) mass is 348 g/mol. The first-order chi connectivity index (χ1) is 12.3. The van der Waals surface area contributed by atoms with Gasteiger partial charge in [0.2, 0.25) is 5.91 Å². The molecule has 0 radical (unpaired) electrons. The first-order valence-corrected chi connectivity index (χ1v) is 9.64. The molecule has 1 aliphatic rings. The fraction of sp³-hybridized carbons (Fsp3) is 0.238. The largest absolute Gasteiger partial charge is 0.349 e. The summed E-state index contributed by atoms with van der Waals surface area (Å²) in [5.74, 6) is 0.464. The molecule has 4 heteroatoms. The van der Waals surface area contributed by atoms with E-state index in [0.717, 1.165) is 35.2 Å². The van der Waals surface area contributed by atoms with Crippen molar-refractivity contribution in [1.29, 1.82) is 0 Å². The number of carbonyl (C=O) groups is 1. The van der Waals surface area contributed by atoms with Gasteiger partial charge in [0.15, 0.2) is 0 Å². The van der Waals surface area contributed by atoms with Crippen molar-refractivity contribution in [2.24, 2.45) is 0 Å². The molecule has 2 aromatic carbocycles. The number of benzene rings is 2. The van der Waals surface area contributed by atoms with Gasteiger partial charge in [0.25, 0.3) is 0 Å². The van der Waals surface area contributed by atoms with Crippen LogP contribution in [-0.2, 0) is 11.2 Å². The number of hydrogen-bond acceptors (Lipinski definition) is 3. The number of carbonyl (C=O) groups excluding carboxylic acids is 1. The fourth-order valence-corrected chi connectivity index (χ4v) is 4.10. The van der Waals surface area contributed by atoms with Gasteiger partial charge in [-0.3, -0.25) is 4.79 Å². The van der Waals surface area contributed by atoms with E-state index in [4.69, 9.17) is 0 Å². The molecule has 1 N–H and O–H groups in total. The molecule has 0 fully saturated rings. The zero-order chi connectivity index (χ0) is 17.1. The van der Waals surface area contributed by atoms with Crippen LogP contribution in [0.2, 0.25) is 0 Å². The van der Waals surface area contributed by atoms with Crippen molar-refractivity contribution in [3.8, 4) is 0 Å². The summed E-state index contributed by atoms with van der Waals surface area (Å²) < 4.78 is 0. The molecule has 0 saturated heterocycles. The number of nitrogens with zero attached hydrogens (tertiary/aromatic N) is 1. The highest BCUT2D eigenvalue weighted by atomic mass is 32.2. The predicted octanol–water partition coefficient (Wildman–Crippen LogP) is 4.52. The van der Waals surface area contributed by atoms with E-state index in [1.54, 1.807) is 0 Å². The predicted molar refractivity (Wildman–Crippen MR) is 103 cm³/mol. The number of amides is 1. The van der Waals surface area contributed by atoms with E-state index < -0.39 is 0 Å². The Labute approximate surface area is 151 Å². The second-order valence-corrected chi connectivity index (χ2v) is 7.34. The van der Waals surface area contributed by atoms with Crippen molar-refractivity contribution >= 4 is 28.6 Å². The van der Waals surface area contributed by atoms with Gasteiger partial charge >= 0.3 is 0 Å². The number of aryl methyl sites for hydroxylation is 1. The average molecular weight is 348 g/mol. The Kier molecular flexibility index (Phi) is 4.70. The second kappa shape index (κ2) is 7.28. The van der Waals surface area contributed by atoms with Gasteiger partial charge in [0, 0.05) is 5.39 Å². The Bertz CT molecular complexity index is 909. The van der Waals surface area contributed by atoms with Gasteiger partial charge in [-0.1, -0.05) is 60.3 Å². The molecule has 0 aliphatic heterocycles. The van der Waals surface area contributed by atoms with Crippen LogP contribution in [-0.4, -0.2) is 16.6 Å². The van der Waals surface area contributed by atoms with Crippen LogP contribution in [0, 0.1) is 0 Å². The van der Waals surface area contributed by atoms with E-state index in [2.05, 4.69) is 40.6 Å². The zero-order valence-electron chi connectivity index (χ0n) is 13.9. The molecule has 0 bridgehead atoms. The van der Waals surface area contributed by atoms with E-state index in [0.29, 0.717) is 5.75 Å². The number of fused-ring (bicyclic) bond motifs is 2. The molecule has 1 aliphatic carbocycles. The molecule has 1 unspecified atom stereocenters. The Hall–Kier alpha value is -2.33. The molecule has 1 heterocycles. The van der Waals surface area contributed by atoms with Crippen molar-refractivity contribution in [1.82, 2.24) is 10.3 Å². The minimum atomic E-state index is 0.0710. The summed E-state index contributed by atoms with van der Waals surface area (Å²) >= 11 is 1.49. The van der Waals surface area contributed by atoms with Gasteiger partial charge in [-0.25, -0.2) is 4.98 Å². The Morgan fingerprint density at radius 3 is 2.88 bits per heavy atom. The number of pyridine rings is 1. The average Bonchev–Trinajstić information content (AvgIpc) is 2.66. The minimum Gasteiger partial charge on any atom is -0.349 e. The molecule has 1 atom stereocenters. The van der Waals surface area contributed by atoms with E-state index >= 15 is 0 Å². The first-order valence-electron chi connectivity index (χ1n) is 8.65. The van der Waals surface area contributed by atoms with Crippen LogP contribution in [0.5, 0.6) is 0 Å². The van der Waals surface area contributed by atoms with E-state index in [9.17, 15) is 4.79 Å². The molecular formula is C21H20N2OS. The molecule has 0 saturated carbocycles. The normalized spacial score (nSPS) is 16.4. The minimum absolute atomic E-state index is 0.0710. The van der Waals surface area contributed by atoms with Crippen molar-refractivity contribution in [2.45, 2.75) is 30.3 Å². The third kappa shape index (κ3) is 3.69. The topological polar surface area (TPSA) is 42.0 Å². The maximum absolute atomic E-state index is 12.4. The van der Waals surface area contributed by atoms with Crippen LogP contribution < -0.4 is 5.32 Å². The highest BCUT2D eigenvalue weighted by molar-refractivity contribution is 7.99. The van der Waals surface area contributed by atoms with Gasteiger partial charge in [0.05, 0.1) is 22.3 Å². The molecule has 25 heavy (non-hydrogen) atoms. The SMILES string of the molecule is O=C(CSc1ccc2ccccc2n1)NC1CCCc2ccccc21. The number of aromatic nitrogens is 1. The van der Waals surface area contributed by atoms with Crippen LogP contribution in [0.4, 0.5) is 0 Å². The summed E-state index contributed by atoms with van der Waals surface area (Å²) in [4.78, 5) is 17.0. The lowest BCUT2D eigenvalue weighted by Gasteiger charge is -2.26. The highest BCUT2D eigenvalue weighted by Gasteiger charge is 2.21. The number of nitrogens with one attached hydrogen (secondary N) is 1. The molecule has 0 spiro atoms. The molecule has 126 valence electrons. The number of thioether (sulfide) groups is 1. The third-order valence-corrected chi connectivity index (χ3v) is 5.56. The standard InChI is InChI=1S/C21H20N2OS/c24-20(22-19-11-5-8-15-6-1-3-9-17(15)19)14-25-21-13-12-16-7-2-4-10-18(16)23-21/h1-4,6-7,9-10,12-13,19H,5,8,11,14H2,(H,22,24). The van der Waals surface area contributed by atoms with E-state index in [-0.39, 0.29) is 11.9 Å². The van der Waals surface area contributed by atoms with Crippen LogP contribution in [0.25, 0.3) is 10.9 Å². The number of para-hydroxylation sites is 1. The van der Waals surface area contributed by atoms with Gasteiger partial charge in [-0.2, -0.15) is 0 Å². The van der Waals surface area contributed by atoms with Gasteiger partial charge in [-0.15, -0.1) is 0 Å². The lowest BCUT2D eigenvalue weighted by atomic mass is 9.88. The van der Waals surface area contributed by atoms with Crippen molar-refractivity contribution in [3.05, 3.63) is 71.8 Å². The second-order valence-electron chi connectivity index (χ2n) is 6.34. The Morgan fingerprint density at radius 2 is 1.92 bits per heavy atom. The number of hydrogen-bond donors (Lipinski definition) is 1. The van der Waals surface area contributed by atoms with Crippen molar-refractivity contribution < 1.29 is 4.79 Å². The Balaban J connectivity index is 1.39. The molecule has 3 nitrogen and oxygen atoms in total.